The molecule has 0 aliphatic heterocycles. The molecule has 0 aromatic heterocycles. The fourth-order valence-electron chi connectivity index (χ4n) is 2.11. The number of rotatable bonds is 8. The molecular formula is C15H26FN3. The van der Waals surface area contributed by atoms with Gasteiger partial charge in [0.2, 0.25) is 0 Å². The molecule has 0 saturated carbocycles. The van der Waals surface area contributed by atoms with Crippen LogP contribution in [0.5, 0.6) is 0 Å². The Morgan fingerprint density at radius 3 is 2.58 bits per heavy atom. The zero-order valence-electron chi connectivity index (χ0n) is 12.3. The molecule has 0 heterocycles. The van der Waals surface area contributed by atoms with Crippen molar-refractivity contribution in [3.05, 3.63) is 35.6 Å². The molecule has 0 bridgehead atoms. The molecule has 1 rings (SSSR count). The van der Waals surface area contributed by atoms with E-state index in [0.717, 1.165) is 38.2 Å². The number of hydrogen-bond donors (Lipinski definition) is 1. The highest BCUT2D eigenvalue weighted by Crippen LogP contribution is 2.13. The third-order valence-corrected chi connectivity index (χ3v) is 3.26. The van der Waals surface area contributed by atoms with Crippen molar-refractivity contribution in [1.29, 1.82) is 0 Å². The molecule has 0 aliphatic carbocycles. The Morgan fingerprint density at radius 1 is 1.26 bits per heavy atom. The number of nitrogens with zero attached hydrogens (tertiary/aromatic N) is 2. The highest BCUT2D eigenvalue weighted by atomic mass is 19.1. The molecule has 0 saturated heterocycles. The van der Waals surface area contributed by atoms with Crippen LogP contribution in [-0.4, -0.2) is 50.1 Å². The van der Waals surface area contributed by atoms with Gasteiger partial charge >= 0.3 is 0 Å². The van der Waals surface area contributed by atoms with Gasteiger partial charge in [-0.2, -0.15) is 0 Å². The molecule has 0 radical (unpaired) electrons. The molecule has 2 N–H and O–H groups in total. The van der Waals surface area contributed by atoms with Gasteiger partial charge in [-0.1, -0.05) is 19.1 Å². The molecule has 1 unspecified atom stereocenters. The van der Waals surface area contributed by atoms with Crippen LogP contribution in [0.25, 0.3) is 0 Å². The average molecular weight is 267 g/mol. The van der Waals surface area contributed by atoms with Crippen LogP contribution in [-0.2, 0) is 0 Å². The lowest BCUT2D eigenvalue weighted by molar-refractivity contribution is 0.252. The lowest BCUT2D eigenvalue weighted by Gasteiger charge is -2.25. The highest BCUT2D eigenvalue weighted by molar-refractivity contribution is 5.20. The maximum atomic E-state index is 13.2. The second-order valence-electron chi connectivity index (χ2n) is 5.21. The van der Waals surface area contributed by atoms with Gasteiger partial charge in [-0.25, -0.2) is 4.39 Å². The molecule has 0 spiro atoms. The van der Waals surface area contributed by atoms with Crippen LogP contribution in [0.4, 0.5) is 4.39 Å². The maximum Gasteiger partial charge on any atom is 0.123 e. The van der Waals surface area contributed by atoms with Gasteiger partial charge in [0.25, 0.3) is 0 Å². The van der Waals surface area contributed by atoms with Crippen molar-refractivity contribution in [2.45, 2.75) is 19.4 Å². The van der Waals surface area contributed by atoms with Crippen molar-refractivity contribution < 1.29 is 4.39 Å². The van der Waals surface area contributed by atoms with Crippen LogP contribution in [0.1, 0.15) is 24.9 Å². The van der Waals surface area contributed by atoms with Crippen molar-refractivity contribution in [3.8, 4) is 0 Å². The van der Waals surface area contributed by atoms with Gasteiger partial charge in [-0.3, -0.25) is 0 Å². The highest BCUT2D eigenvalue weighted by Gasteiger charge is 2.11. The van der Waals surface area contributed by atoms with Crippen LogP contribution in [0, 0.1) is 5.82 Å². The predicted octanol–water partition coefficient (Wildman–Crippen LogP) is 2.10. The summed E-state index contributed by atoms with van der Waals surface area (Å²) in [6.45, 7) is 5.97. The number of halogens is 1. The monoisotopic (exact) mass is 267 g/mol. The summed E-state index contributed by atoms with van der Waals surface area (Å²) in [5.41, 5.74) is 7.02. The van der Waals surface area contributed by atoms with Gasteiger partial charge in [0, 0.05) is 12.6 Å². The zero-order chi connectivity index (χ0) is 14.3. The smallest absolute Gasteiger partial charge is 0.123 e. The minimum Gasteiger partial charge on any atom is -0.323 e. The van der Waals surface area contributed by atoms with Crippen molar-refractivity contribution >= 4 is 0 Å². The van der Waals surface area contributed by atoms with Crippen molar-refractivity contribution in [2.75, 3.05) is 40.3 Å². The number of likely N-dealkylation sites (N-methyl/N-ethyl adjacent to an activating group) is 1. The van der Waals surface area contributed by atoms with Crippen molar-refractivity contribution in [1.82, 2.24) is 9.80 Å². The first kappa shape index (κ1) is 16.1. The topological polar surface area (TPSA) is 32.5 Å². The minimum absolute atomic E-state index is 0.130. The third-order valence-electron chi connectivity index (χ3n) is 3.26. The number of benzene rings is 1. The Kier molecular flexibility index (Phi) is 6.99. The van der Waals surface area contributed by atoms with E-state index in [2.05, 4.69) is 30.8 Å². The van der Waals surface area contributed by atoms with E-state index in [9.17, 15) is 4.39 Å². The standard InChI is InChI=1S/C15H26FN3/c1-4-19(10-6-9-18(2)3)12-15(17)13-7-5-8-14(16)11-13/h5,7-8,11,15H,4,6,9-10,12,17H2,1-3H3. The maximum absolute atomic E-state index is 13.2. The zero-order valence-corrected chi connectivity index (χ0v) is 12.3. The molecule has 0 fully saturated rings. The Morgan fingerprint density at radius 2 is 2.00 bits per heavy atom. The van der Waals surface area contributed by atoms with Gasteiger partial charge in [0.05, 0.1) is 0 Å². The summed E-state index contributed by atoms with van der Waals surface area (Å²) in [6, 6.07) is 6.45. The number of nitrogens with two attached hydrogens (primary N) is 1. The Bertz CT molecular complexity index is 368. The second kappa shape index (κ2) is 8.25. The molecule has 4 heteroatoms. The Hall–Kier alpha value is -0.970. The van der Waals surface area contributed by atoms with E-state index in [1.165, 1.54) is 12.1 Å². The van der Waals surface area contributed by atoms with Gasteiger partial charge in [-0.15, -0.1) is 0 Å². The predicted molar refractivity (Wildman–Crippen MR) is 78.6 cm³/mol. The summed E-state index contributed by atoms with van der Waals surface area (Å²) < 4.78 is 13.2. The van der Waals surface area contributed by atoms with Gasteiger partial charge in [0.15, 0.2) is 0 Å². The van der Waals surface area contributed by atoms with E-state index in [1.54, 1.807) is 6.07 Å². The van der Waals surface area contributed by atoms with Crippen LogP contribution in [0.15, 0.2) is 24.3 Å². The SMILES string of the molecule is CCN(CCCN(C)C)CC(N)c1cccc(F)c1. The van der Waals surface area contributed by atoms with Crippen molar-refractivity contribution in [2.24, 2.45) is 5.73 Å². The fraction of sp³-hybridized carbons (Fsp3) is 0.600. The quantitative estimate of drug-likeness (QED) is 0.783. The van der Waals surface area contributed by atoms with E-state index in [0.29, 0.717) is 0 Å². The van der Waals surface area contributed by atoms with Crippen LogP contribution in [0.2, 0.25) is 0 Å². The van der Waals surface area contributed by atoms with E-state index >= 15 is 0 Å². The van der Waals surface area contributed by atoms with Crippen LogP contribution >= 0.6 is 0 Å². The van der Waals surface area contributed by atoms with Gasteiger partial charge < -0.3 is 15.5 Å². The van der Waals surface area contributed by atoms with E-state index < -0.39 is 0 Å². The molecule has 0 amide bonds. The Balaban J connectivity index is 2.46. The molecule has 108 valence electrons. The molecule has 3 nitrogen and oxygen atoms in total. The molecular weight excluding hydrogens is 241 g/mol. The van der Waals surface area contributed by atoms with Gasteiger partial charge in [0.1, 0.15) is 5.82 Å². The molecule has 1 aromatic carbocycles. The molecule has 1 aromatic rings. The third kappa shape index (κ3) is 6.14. The van der Waals surface area contributed by atoms with Crippen LogP contribution < -0.4 is 5.73 Å². The second-order valence-corrected chi connectivity index (χ2v) is 5.21. The molecule has 0 aliphatic rings. The molecule has 1 atom stereocenters. The lowest BCUT2D eigenvalue weighted by Crippen LogP contribution is -2.34. The average Bonchev–Trinajstić information content (AvgIpc) is 2.37. The summed E-state index contributed by atoms with van der Waals surface area (Å²) in [6.07, 6.45) is 1.12. The number of hydrogen-bond acceptors (Lipinski definition) is 3. The first-order chi connectivity index (χ1) is 9.02. The first-order valence-electron chi connectivity index (χ1n) is 6.91. The summed E-state index contributed by atoms with van der Waals surface area (Å²) in [4.78, 5) is 4.50. The van der Waals surface area contributed by atoms with Crippen LogP contribution in [0.3, 0.4) is 0 Å². The lowest BCUT2D eigenvalue weighted by atomic mass is 10.1. The van der Waals surface area contributed by atoms with E-state index in [-0.39, 0.29) is 11.9 Å². The summed E-state index contributed by atoms with van der Waals surface area (Å²) in [7, 11) is 4.16. The van der Waals surface area contributed by atoms with E-state index in [4.69, 9.17) is 5.73 Å². The normalized spacial score (nSPS) is 13.2. The largest absolute Gasteiger partial charge is 0.323 e. The fourth-order valence-corrected chi connectivity index (χ4v) is 2.11. The first-order valence-corrected chi connectivity index (χ1v) is 6.91. The van der Waals surface area contributed by atoms with Crippen molar-refractivity contribution in [3.63, 3.8) is 0 Å². The Labute approximate surface area is 116 Å². The summed E-state index contributed by atoms with van der Waals surface area (Å²) >= 11 is 0. The summed E-state index contributed by atoms with van der Waals surface area (Å²) in [5, 5.41) is 0. The summed E-state index contributed by atoms with van der Waals surface area (Å²) in [5.74, 6) is -0.219. The van der Waals surface area contributed by atoms with Gasteiger partial charge in [-0.05, 0) is 57.8 Å². The molecule has 19 heavy (non-hydrogen) atoms. The minimum atomic E-state index is -0.219. The van der Waals surface area contributed by atoms with E-state index in [1.807, 2.05) is 6.07 Å².